The lowest BCUT2D eigenvalue weighted by Crippen LogP contribution is -2.51. The van der Waals surface area contributed by atoms with Crippen LogP contribution >= 0.6 is 11.6 Å². The summed E-state index contributed by atoms with van der Waals surface area (Å²) < 4.78 is 54.1. The molecule has 2 aromatic carbocycles. The van der Waals surface area contributed by atoms with Gasteiger partial charge in [-0.2, -0.15) is 4.31 Å². The van der Waals surface area contributed by atoms with E-state index in [-0.39, 0.29) is 35.6 Å². The van der Waals surface area contributed by atoms with Crippen LogP contribution in [0.15, 0.2) is 47.4 Å². The Hall–Kier alpha value is -2.07. The lowest BCUT2D eigenvalue weighted by atomic mass is 9.96. The van der Waals surface area contributed by atoms with Gasteiger partial charge in [-0.1, -0.05) is 17.7 Å². The van der Waals surface area contributed by atoms with E-state index in [1.165, 1.54) is 22.5 Å². The van der Waals surface area contributed by atoms with Crippen molar-refractivity contribution < 1.29 is 22.0 Å². The van der Waals surface area contributed by atoms with Crippen LogP contribution in [0.1, 0.15) is 18.4 Å². The zero-order chi connectivity index (χ0) is 23.6. The number of hydrogen-bond donors (Lipinski definition) is 0. The number of nitrogens with zero attached hydrogens (tertiary/aromatic N) is 3. The summed E-state index contributed by atoms with van der Waals surface area (Å²) in [5.74, 6) is -1.01. The van der Waals surface area contributed by atoms with E-state index < -0.39 is 15.8 Å². The monoisotopic (exact) mass is 497 g/mol. The zero-order valence-corrected chi connectivity index (χ0v) is 19.7. The average Bonchev–Trinajstić information content (AvgIpc) is 2.82. The van der Waals surface area contributed by atoms with E-state index in [9.17, 15) is 22.0 Å². The van der Waals surface area contributed by atoms with E-state index in [4.69, 9.17) is 11.6 Å². The third-order valence-corrected chi connectivity index (χ3v) is 8.65. The highest BCUT2D eigenvalue weighted by molar-refractivity contribution is 7.89. The molecule has 0 saturated carbocycles. The van der Waals surface area contributed by atoms with Crippen LogP contribution in [0, 0.1) is 17.6 Å². The lowest BCUT2D eigenvalue weighted by molar-refractivity contribution is -0.138. The van der Waals surface area contributed by atoms with Gasteiger partial charge in [0.1, 0.15) is 11.6 Å². The molecule has 0 bridgehead atoms. The van der Waals surface area contributed by atoms with Crippen molar-refractivity contribution >= 4 is 27.5 Å². The van der Waals surface area contributed by atoms with Gasteiger partial charge >= 0.3 is 0 Å². The number of piperidine rings is 1. The van der Waals surface area contributed by atoms with Gasteiger partial charge in [-0.05, 0) is 49.2 Å². The summed E-state index contributed by atoms with van der Waals surface area (Å²) in [6.07, 6.45) is 0.897. The molecule has 0 unspecified atom stereocenters. The van der Waals surface area contributed by atoms with E-state index in [0.29, 0.717) is 56.2 Å². The molecule has 1 amide bonds. The number of amides is 1. The first-order valence-corrected chi connectivity index (χ1v) is 12.8. The summed E-state index contributed by atoms with van der Waals surface area (Å²) in [6.45, 7) is 3.22. The molecule has 0 atom stereocenters. The van der Waals surface area contributed by atoms with Crippen LogP contribution in [-0.2, 0) is 21.4 Å². The quantitative estimate of drug-likeness (QED) is 0.635. The molecule has 2 aromatic rings. The third kappa shape index (κ3) is 5.37. The molecule has 178 valence electrons. The van der Waals surface area contributed by atoms with Gasteiger partial charge in [0, 0.05) is 62.3 Å². The second-order valence-electron chi connectivity index (χ2n) is 8.43. The number of halogens is 3. The smallest absolute Gasteiger partial charge is 0.243 e. The van der Waals surface area contributed by atoms with E-state index in [1.54, 1.807) is 12.1 Å². The zero-order valence-electron chi connectivity index (χ0n) is 18.1. The highest BCUT2D eigenvalue weighted by atomic mass is 35.5. The third-order valence-electron chi connectivity index (χ3n) is 6.38. The van der Waals surface area contributed by atoms with Crippen molar-refractivity contribution in [3.63, 3.8) is 0 Å². The molecule has 0 spiro atoms. The van der Waals surface area contributed by atoms with Crippen LogP contribution in [0.5, 0.6) is 0 Å². The van der Waals surface area contributed by atoms with Gasteiger partial charge < -0.3 is 4.90 Å². The first kappa shape index (κ1) is 24.1. The average molecular weight is 498 g/mol. The van der Waals surface area contributed by atoms with E-state index in [2.05, 4.69) is 4.90 Å². The second-order valence-corrected chi connectivity index (χ2v) is 10.8. The number of rotatable bonds is 5. The number of benzene rings is 2. The molecule has 6 nitrogen and oxygen atoms in total. The fraction of sp³-hybridized carbons (Fsp3) is 0.435. The van der Waals surface area contributed by atoms with Crippen LogP contribution in [0.25, 0.3) is 0 Å². The largest absolute Gasteiger partial charge is 0.340 e. The van der Waals surface area contributed by atoms with E-state index >= 15 is 0 Å². The van der Waals surface area contributed by atoms with Crippen molar-refractivity contribution in [3.05, 3.63) is 64.7 Å². The van der Waals surface area contributed by atoms with Gasteiger partial charge in [0.15, 0.2) is 0 Å². The first-order chi connectivity index (χ1) is 15.8. The lowest BCUT2D eigenvalue weighted by Gasteiger charge is -2.38. The fourth-order valence-corrected chi connectivity index (χ4v) is 6.08. The van der Waals surface area contributed by atoms with Crippen LogP contribution in [0.2, 0.25) is 5.02 Å². The van der Waals surface area contributed by atoms with E-state index in [0.717, 1.165) is 12.1 Å². The predicted molar refractivity (Wildman–Crippen MR) is 121 cm³/mol. The standard InChI is InChI=1S/C23H26ClF2N3O3S/c24-21-2-1-3-22(26)20(21)16-27-12-14-28(15-13-27)23(30)17-8-10-29(11-9-17)33(31,32)19-6-4-18(25)5-7-19/h1-7,17H,8-16H2. The molecular formula is C23H26ClF2N3O3S. The maximum Gasteiger partial charge on any atom is 0.243 e. The Morgan fingerprint density at radius 1 is 0.939 bits per heavy atom. The summed E-state index contributed by atoms with van der Waals surface area (Å²) in [5, 5.41) is 0.399. The molecule has 2 saturated heterocycles. The molecule has 2 fully saturated rings. The molecule has 4 rings (SSSR count). The summed E-state index contributed by atoms with van der Waals surface area (Å²) in [5.41, 5.74) is 0.466. The minimum atomic E-state index is -3.70. The molecule has 0 radical (unpaired) electrons. The fourth-order valence-electron chi connectivity index (χ4n) is 4.39. The van der Waals surface area contributed by atoms with Crippen LogP contribution in [0.3, 0.4) is 0 Å². The minimum Gasteiger partial charge on any atom is -0.340 e. The molecule has 0 aliphatic carbocycles. The van der Waals surface area contributed by atoms with Gasteiger partial charge in [0.05, 0.1) is 4.90 Å². The number of carbonyl (C=O) groups is 1. The molecule has 2 aliphatic heterocycles. The predicted octanol–water partition coefficient (Wildman–Crippen LogP) is 3.36. The maximum atomic E-state index is 14.1. The molecule has 10 heteroatoms. The Kier molecular flexibility index (Phi) is 7.33. The van der Waals surface area contributed by atoms with Gasteiger partial charge in [-0.25, -0.2) is 17.2 Å². The van der Waals surface area contributed by atoms with Crippen LogP contribution < -0.4 is 0 Å². The highest BCUT2D eigenvalue weighted by Gasteiger charge is 2.34. The molecule has 0 N–H and O–H groups in total. The highest BCUT2D eigenvalue weighted by Crippen LogP contribution is 2.26. The van der Waals surface area contributed by atoms with Crippen molar-refractivity contribution in [2.75, 3.05) is 39.3 Å². The molecule has 33 heavy (non-hydrogen) atoms. The number of sulfonamides is 1. The Balaban J connectivity index is 1.28. The molecule has 2 heterocycles. The van der Waals surface area contributed by atoms with Gasteiger partial charge in [0.25, 0.3) is 0 Å². The van der Waals surface area contributed by atoms with Gasteiger partial charge in [-0.3, -0.25) is 9.69 Å². The van der Waals surface area contributed by atoms with Crippen molar-refractivity contribution in [3.8, 4) is 0 Å². The molecule has 0 aromatic heterocycles. The van der Waals surface area contributed by atoms with Gasteiger partial charge in [-0.15, -0.1) is 0 Å². The SMILES string of the molecule is O=C(C1CCN(S(=O)(=O)c2ccc(F)cc2)CC1)N1CCN(Cc2c(F)cccc2Cl)CC1. The minimum absolute atomic E-state index is 0.0393. The molecule has 2 aliphatic rings. The van der Waals surface area contributed by atoms with Gasteiger partial charge in [0.2, 0.25) is 15.9 Å². The van der Waals surface area contributed by atoms with Crippen LogP contribution in [0.4, 0.5) is 8.78 Å². The topological polar surface area (TPSA) is 60.9 Å². The number of carbonyl (C=O) groups excluding carboxylic acids is 1. The Bertz CT molecular complexity index is 1080. The first-order valence-electron chi connectivity index (χ1n) is 11.0. The second kappa shape index (κ2) is 10.0. The summed E-state index contributed by atoms with van der Waals surface area (Å²) in [4.78, 5) is 17.0. The maximum absolute atomic E-state index is 14.1. The van der Waals surface area contributed by atoms with Crippen LogP contribution in [-0.4, -0.2) is 67.7 Å². The summed E-state index contributed by atoms with van der Waals surface area (Å²) >= 11 is 6.12. The normalized spacial score (nSPS) is 19.1. The Morgan fingerprint density at radius 3 is 2.18 bits per heavy atom. The van der Waals surface area contributed by atoms with E-state index in [1.807, 2.05) is 4.90 Å². The van der Waals surface area contributed by atoms with Crippen molar-refractivity contribution in [2.45, 2.75) is 24.3 Å². The van der Waals surface area contributed by atoms with Crippen molar-refractivity contribution in [2.24, 2.45) is 5.92 Å². The summed E-state index contributed by atoms with van der Waals surface area (Å²) in [6, 6.07) is 9.41. The van der Waals surface area contributed by atoms with Crippen molar-refractivity contribution in [1.82, 2.24) is 14.1 Å². The Morgan fingerprint density at radius 2 is 1.58 bits per heavy atom. The summed E-state index contributed by atoms with van der Waals surface area (Å²) in [7, 11) is -3.70. The van der Waals surface area contributed by atoms with Crippen molar-refractivity contribution in [1.29, 1.82) is 0 Å². The number of hydrogen-bond acceptors (Lipinski definition) is 4. The number of piperazine rings is 1. The molecular weight excluding hydrogens is 472 g/mol. The Labute approximate surface area is 197 Å².